The van der Waals surface area contributed by atoms with Gasteiger partial charge in [-0.15, -0.1) is 0 Å². The largest absolute Gasteiger partial charge is 0.453 e. The summed E-state index contributed by atoms with van der Waals surface area (Å²) in [7, 11) is 1.28. The molecule has 33 heavy (non-hydrogen) atoms. The number of halogens is 2. The van der Waals surface area contributed by atoms with Crippen LogP contribution in [0, 0.1) is 0 Å². The molecule has 1 aliphatic rings. The number of alkyl carbamates (subject to hydrolysis) is 1. The number of nitrogen functional groups attached to an aromatic ring is 1. The number of hydrogen-bond donors (Lipinski definition) is 4. The summed E-state index contributed by atoms with van der Waals surface area (Å²) in [4.78, 5) is 35.7. The summed E-state index contributed by atoms with van der Waals surface area (Å²) in [5.74, 6) is 0.600. The van der Waals surface area contributed by atoms with Crippen molar-refractivity contribution < 1.29 is 23.0 Å². The number of carbonyl (C=O) groups is 1. The maximum absolute atomic E-state index is 12.7. The summed E-state index contributed by atoms with van der Waals surface area (Å²) in [6, 6.07) is 1.67. The molecule has 1 amide bonds. The number of aromatic amines is 1. The molecule has 1 saturated carbocycles. The molecule has 1 aliphatic carbocycles. The van der Waals surface area contributed by atoms with Crippen LogP contribution in [0.4, 0.5) is 25.3 Å². The van der Waals surface area contributed by atoms with E-state index in [1.807, 2.05) is 0 Å². The van der Waals surface area contributed by atoms with E-state index in [-0.39, 0.29) is 17.4 Å². The summed E-state index contributed by atoms with van der Waals surface area (Å²) in [5.41, 5.74) is 7.21. The minimum Gasteiger partial charge on any atom is -0.453 e. The van der Waals surface area contributed by atoms with Crippen LogP contribution in [0.1, 0.15) is 24.6 Å². The molecule has 3 aromatic heterocycles. The van der Waals surface area contributed by atoms with Gasteiger partial charge in [0, 0.05) is 25.2 Å². The molecule has 174 valence electrons. The molecule has 0 spiro atoms. The van der Waals surface area contributed by atoms with Gasteiger partial charge >= 0.3 is 12.7 Å². The summed E-state index contributed by atoms with van der Waals surface area (Å²) < 4.78 is 34.3. The molecule has 4 rings (SSSR count). The zero-order valence-electron chi connectivity index (χ0n) is 17.5. The van der Waals surface area contributed by atoms with Crippen LogP contribution in [0.3, 0.4) is 0 Å². The molecule has 0 aromatic carbocycles. The molecule has 14 heteroatoms. The molecular formula is C19H21F2N9O3. The molecule has 0 radical (unpaired) electrons. The van der Waals surface area contributed by atoms with E-state index in [4.69, 9.17) is 5.73 Å². The summed E-state index contributed by atoms with van der Waals surface area (Å²) >= 11 is 0. The van der Waals surface area contributed by atoms with E-state index in [0.29, 0.717) is 36.1 Å². The molecule has 1 fully saturated rings. The zero-order valence-corrected chi connectivity index (χ0v) is 17.5. The van der Waals surface area contributed by atoms with Crippen molar-refractivity contribution in [3.05, 3.63) is 24.3 Å². The molecule has 0 unspecified atom stereocenters. The summed E-state index contributed by atoms with van der Waals surface area (Å²) in [6.45, 7) is -2.43. The highest BCUT2D eigenvalue weighted by atomic mass is 19.3. The third-order valence-electron chi connectivity index (χ3n) is 4.67. The Kier molecular flexibility index (Phi) is 6.42. The number of imidazole rings is 1. The van der Waals surface area contributed by atoms with Gasteiger partial charge in [-0.1, -0.05) is 0 Å². The van der Waals surface area contributed by atoms with Gasteiger partial charge in [-0.05, 0) is 18.9 Å². The second kappa shape index (κ2) is 9.58. The fourth-order valence-corrected chi connectivity index (χ4v) is 2.97. The molecule has 3 heterocycles. The van der Waals surface area contributed by atoms with Gasteiger partial charge < -0.3 is 30.8 Å². The molecule has 0 atom stereocenters. The monoisotopic (exact) mass is 461 g/mol. The quantitative estimate of drug-likeness (QED) is 0.347. The van der Waals surface area contributed by atoms with Crippen molar-refractivity contribution in [1.82, 2.24) is 35.2 Å². The number of nitrogens with one attached hydrogen (secondary N) is 3. The fraction of sp³-hybridized carbons (Fsp3) is 0.368. The number of hydrogen-bond acceptors (Lipinski definition) is 10. The van der Waals surface area contributed by atoms with E-state index in [1.165, 1.54) is 13.3 Å². The van der Waals surface area contributed by atoms with Crippen LogP contribution in [0.15, 0.2) is 18.5 Å². The Bertz CT molecular complexity index is 1140. The summed E-state index contributed by atoms with van der Waals surface area (Å²) in [6.07, 6.45) is 4.33. The molecule has 0 aliphatic heterocycles. The van der Waals surface area contributed by atoms with Gasteiger partial charge in [-0.2, -0.15) is 8.78 Å². The number of amides is 1. The molecule has 3 aromatic rings. The number of alkyl halides is 2. The predicted octanol–water partition coefficient (Wildman–Crippen LogP) is 2.15. The SMILES string of the molecule is COC(=O)NCCNc1nccc(-c2[nH]c(C3CC3)nc2-c2cnc(N)c(OC(F)F)n2)n1. The Balaban J connectivity index is 1.62. The topological polar surface area (TPSA) is 166 Å². The Hall–Kier alpha value is -4.10. The Morgan fingerprint density at radius 2 is 2.06 bits per heavy atom. The maximum atomic E-state index is 12.7. The number of H-pyrrole nitrogens is 1. The minimum absolute atomic E-state index is 0.202. The number of anilines is 2. The van der Waals surface area contributed by atoms with Crippen LogP contribution in [-0.2, 0) is 4.74 Å². The van der Waals surface area contributed by atoms with Crippen LogP contribution in [-0.4, -0.2) is 62.8 Å². The van der Waals surface area contributed by atoms with Gasteiger partial charge in [-0.25, -0.2) is 29.7 Å². The molecule has 0 bridgehead atoms. The molecule has 12 nitrogen and oxygen atoms in total. The van der Waals surface area contributed by atoms with E-state index in [9.17, 15) is 13.6 Å². The lowest BCUT2D eigenvalue weighted by Crippen LogP contribution is -2.28. The lowest BCUT2D eigenvalue weighted by atomic mass is 10.2. The molecule has 0 saturated heterocycles. The van der Waals surface area contributed by atoms with Gasteiger partial charge in [0.25, 0.3) is 5.88 Å². The first-order chi connectivity index (χ1) is 15.9. The standard InChI is InChI=1S/C19H21F2N9O3/c1-32-19(31)25-7-6-24-18-23-5-4-10(28-18)12-13(30-15(29-12)9-2-3-9)11-8-26-14(22)16(27-11)33-17(20)21/h4-5,8-9,17H,2-3,6-7H2,1H3,(H2,22,26)(H,25,31)(H,29,30)(H,23,24,28). The van der Waals surface area contributed by atoms with E-state index in [0.717, 1.165) is 18.7 Å². The number of carbonyl (C=O) groups excluding carboxylic acids is 1. The van der Waals surface area contributed by atoms with Gasteiger partial charge in [0.15, 0.2) is 5.82 Å². The highest BCUT2D eigenvalue weighted by Crippen LogP contribution is 2.41. The number of nitrogens with zero attached hydrogens (tertiary/aromatic N) is 5. The lowest BCUT2D eigenvalue weighted by Gasteiger charge is -2.09. The normalized spacial score (nSPS) is 13.1. The molecule has 5 N–H and O–H groups in total. The average molecular weight is 461 g/mol. The van der Waals surface area contributed by atoms with E-state index < -0.39 is 18.6 Å². The van der Waals surface area contributed by atoms with Crippen molar-refractivity contribution in [3.63, 3.8) is 0 Å². The van der Waals surface area contributed by atoms with E-state index in [2.05, 4.69) is 50.0 Å². The number of ether oxygens (including phenoxy) is 2. The number of aromatic nitrogens is 6. The van der Waals surface area contributed by atoms with Crippen molar-refractivity contribution in [3.8, 4) is 28.7 Å². The van der Waals surface area contributed by atoms with E-state index >= 15 is 0 Å². The van der Waals surface area contributed by atoms with Crippen LogP contribution >= 0.6 is 0 Å². The highest BCUT2D eigenvalue weighted by molar-refractivity contribution is 5.75. The van der Waals surface area contributed by atoms with Crippen LogP contribution < -0.4 is 21.1 Å². The van der Waals surface area contributed by atoms with Gasteiger partial charge in [-0.3, -0.25) is 0 Å². The fourth-order valence-electron chi connectivity index (χ4n) is 2.97. The van der Waals surface area contributed by atoms with Crippen LogP contribution in [0.25, 0.3) is 22.8 Å². The number of methoxy groups -OCH3 is 1. The summed E-state index contributed by atoms with van der Waals surface area (Å²) in [5, 5.41) is 5.54. The molecular weight excluding hydrogens is 440 g/mol. The minimum atomic E-state index is -3.10. The van der Waals surface area contributed by atoms with Crippen molar-refractivity contribution in [1.29, 1.82) is 0 Å². The van der Waals surface area contributed by atoms with Crippen LogP contribution in [0.5, 0.6) is 5.88 Å². The first-order valence-electron chi connectivity index (χ1n) is 10.0. The van der Waals surface area contributed by atoms with Crippen molar-refractivity contribution >= 4 is 17.9 Å². The maximum Gasteiger partial charge on any atom is 0.406 e. The predicted molar refractivity (Wildman–Crippen MR) is 113 cm³/mol. The first kappa shape index (κ1) is 22.1. The second-order valence-electron chi connectivity index (χ2n) is 7.05. The smallest absolute Gasteiger partial charge is 0.406 e. The highest BCUT2D eigenvalue weighted by Gasteiger charge is 2.29. The zero-order chi connectivity index (χ0) is 23.4. The van der Waals surface area contributed by atoms with Crippen molar-refractivity contribution in [2.75, 3.05) is 31.2 Å². The average Bonchev–Trinajstić information content (AvgIpc) is 3.56. The Labute approximate surface area is 186 Å². The Morgan fingerprint density at radius 3 is 2.79 bits per heavy atom. The van der Waals surface area contributed by atoms with E-state index in [1.54, 1.807) is 12.3 Å². The second-order valence-corrected chi connectivity index (χ2v) is 7.05. The van der Waals surface area contributed by atoms with Gasteiger partial charge in [0.05, 0.1) is 24.7 Å². The number of nitrogens with two attached hydrogens (primary N) is 1. The van der Waals surface area contributed by atoms with Gasteiger partial charge in [0.1, 0.15) is 17.2 Å². The first-order valence-corrected chi connectivity index (χ1v) is 10.0. The van der Waals surface area contributed by atoms with Crippen LogP contribution in [0.2, 0.25) is 0 Å². The third kappa shape index (κ3) is 5.39. The van der Waals surface area contributed by atoms with Crippen molar-refractivity contribution in [2.24, 2.45) is 0 Å². The number of rotatable bonds is 9. The third-order valence-corrected chi connectivity index (χ3v) is 4.67. The van der Waals surface area contributed by atoms with Gasteiger partial charge in [0.2, 0.25) is 5.95 Å². The lowest BCUT2D eigenvalue weighted by molar-refractivity contribution is -0.0524. The van der Waals surface area contributed by atoms with Crippen molar-refractivity contribution in [2.45, 2.75) is 25.4 Å². The Morgan fingerprint density at radius 1 is 1.24 bits per heavy atom.